The zero-order valence-corrected chi connectivity index (χ0v) is 6.03. The Kier molecular flexibility index (Phi) is 1.58. The van der Waals surface area contributed by atoms with Gasteiger partial charge in [-0.25, -0.2) is 0 Å². The van der Waals surface area contributed by atoms with E-state index >= 15 is 0 Å². The highest BCUT2D eigenvalue weighted by Crippen LogP contribution is 2.35. The lowest BCUT2D eigenvalue weighted by Gasteiger charge is -2.20. The van der Waals surface area contributed by atoms with Gasteiger partial charge in [-0.1, -0.05) is 0 Å². The third-order valence-electron chi connectivity index (χ3n) is 2.39. The second-order valence-corrected chi connectivity index (χ2v) is 3.19. The maximum Gasteiger partial charge on any atom is 0.309 e. The second kappa shape index (κ2) is 2.46. The van der Waals surface area contributed by atoms with Crippen LogP contribution in [0.4, 0.5) is 0 Å². The first-order valence-electron chi connectivity index (χ1n) is 3.80. The Hall–Kier alpha value is -0.610. The Labute approximate surface area is 64.6 Å². The minimum absolute atomic E-state index is 0.0154. The number of carbonyl (C=O) groups is 1. The average Bonchev–Trinajstić information content (AvgIpc) is 2.26. The van der Waals surface area contributed by atoms with Crippen LogP contribution in [-0.2, 0) is 14.4 Å². The van der Waals surface area contributed by atoms with E-state index in [1.54, 1.807) is 0 Å². The van der Waals surface area contributed by atoms with Gasteiger partial charge in [-0.2, -0.15) is 0 Å². The van der Waals surface area contributed by atoms with Gasteiger partial charge in [0.15, 0.2) is 0 Å². The van der Waals surface area contributed by atoms with Gasteiger partial charge in [-0.05, 0) is 12.8 Å². The number of nitrogens with zero attached hydrogens (tertiary/aromatic N) is 1. The SMILES string of the molecule is [N]OC1CC2CC(C1)C(=O)O2. The number of hydrogen-bond donors (Lipinski definition) is 0. The van der Waals surface area contributed by atoms with E-state index in [1.807, 2.05) is 0 Å². The Bertz CT molecular complexity index is 183. The Balaban J connectivity index is 2.06. The largest absolute Gasteiger partial charge is 0.462 e. The van der Waals surface area contributed by atoms with Crippen LogP contribution in [-0.4, -0.2) is 18.2 Å². The summed E-state index contributed by atoms with van der Waals surface area (Å²) in [5.41, 5.74) is 0. The number of rotatable bonds is 1. The molecule has 0 aromatic rings. The van der Waals surface area contributed by atoms with Crippen molar-refractivity contribution in [2.75, 3.05) is 0 Å². The van der Waals surface area contributed by atoms with E-state index in [2.05, 4.69) is 4.84 Å². The Morgan fingerprint density at radius 1 is 1.45 bits per heavy atom. The highest BCUT2D eigenvalue weighted by Gasteiger charge is 2.42. The molecule has 1 saturated carbocycles. The summed E-state index contributed by atoms with van der Waals surface area (Å²) in [4.78, 5) is 15.1. The first-order valence-corrected chi connectivity index (χ1v) is 3.80. The third kappa shape index (κ3) is 1.12. The Morgan fingerprint density at radius 2 is 2.27 bits per heavy atom. The summed E-state index contributed by atoms with van der Waals surface area (Å²) < 4.78 is 4.99. The molecule has 0 aromatic carbocycles. The van der Waals surface area contributed by atoms with Gasteiger partial charge in [0.05, 0.1) is 12.0 Å². The minimum atomic E-state index is -0.204. The van der Waals surface area contributed by atoms with E-state index in [0.29, 0.717) is 12.8 Å². The Morgan fingerprint density at radius 3 is 2.91 bits per heavy atom. The molecule has 2 rings (SSSR count). The van der Waals surface area contributed by atoms with Crippen LogP contribution in [0.3, 0.4) is 0 Å². The van der Waals surface area contributed by atoms with Crippen LogP contribution in [0.15, 0.2) is 0 Å². The fourth-order valence-electron chi connectivity index (χ4n) is 1.85. The molecule has 3 unspecified atom stereocenters. The standard InChI is InChI=1S/C7H9NO3/c8-11-6-2-4-1-5(3-6)10-7(4)9/h4-6H,1-3H2. The van der Waals surface area contributed by atoms with Crippen LogP contribution < -0.4 is 5.90 Å². The highest BCUT2D eigenvalue weighted by molar-refractivity contribution is 5.75. The number of carbonyl (C=O) groups excluding carboxylic acids is 1. The molecule has 0 spiro atoms. The lowest BCUT2D eigenvalue weighted by molar-refractivity contribution is -0.143. The smallest absolute Gasteiger partial charge is 0.309 e. The molecule has 0 aromatic heterocycles. The molecule has 0 amide bonds. The van der Waals surface area contributed by atoms with Gasteiger partial charge in [-0.3, -0.25) is 9.63 Å². The van der Waals surface area contributed by atoms with Crippen LogP contribution in [0, 0.1) is 5.92 Å². The van der Waals surface area contributed by atoms with E-state index in [0.717, 1.165) is 6.42 Å². The number of fused-ring (bicyclic) bond motifs is 2. The highest BCUT2D eigenvalue weighted by atomic mass is 16.6. The van der Waals surface area contributed by atoms with Crippen molar-refractivity contribution in [3.63, 3.8) is 0 Å². The van der Waals surface area contributed by atoms with Gasteiger partial charge in [-0.15, -0.1) is 0 Å². The van der Waals surface area contributed by atoms with Crippen LogP contribution in [0.1, 0.15) is 19.3 Å². The number of hydrogen-bond acceptors (Lipinski definition) is 3. The molecule has 1 aliphatic carbocycles. The van der Waals surface area contributed by atoms with E-state index in [1.165, 1.54) is 0 Å². The van der Waals surface area contributed by atoms with Crippen molar-refractivity contribution in [2.24, 2.45) is 5.92 Å². The average molecular weight is 155 g/mol. The zero-order chi connectivity index (χ0) is 7.84. The van der Waals surface area contributed by atoms with Crippen molar-refractivity contribution in [3.8, 4) is 0 Å². The van der Waals surface area contributed by atoms with Crippen LogP contribution in [0.2, 0.25) is 0 Å². The van der Waals surface area contributed by atoms with Crippen molar-refractivity contribution >= 4 is 5.97 Å². The maximum absolute atomic E-state index is 11.0. The minimum Gasteiger partial charge on any atom is -0.462 e. The van der Waals surface area contributed by atoms with Crippen molar-refractivity contribution in [2.45, 2.75) is 31.5 Å². The predicted octanol–water partition coefficient (Wildman–Crippen LogP) is 0.0808. The summed E-state index contributed by atoms with van der Waals surface area (Å²) in [7, 11) is 0. The van der Waals surface area contributed by atoms with Gasteiger partial charge in [0.25, 0.3) is 0 Å². The first kappa shape index (κ1) is 7.06. The van der Waals surface area contributed by atoms with E-state index in [4.69, 9.17) is 10.6 Å². The normalized spacial score (nSPS) is 42.3. The summed E-state index contributed by atoms with van der Waals surface area (Å²) in [5, 5.41) is 0. The predicted molar refractivity (Wildman–Crippen MR) is 34.2 cm³/mol. The maximum atomic E-state index is 11.0. The molecule has 0 N–H and O–H groups in total. The monoisotopic (exact) mass is 155 g/mol. The zero-order valence-electron chi connectivity index (χ0n) is 6.03. The summed E-state index contributed by atoms with van der Waals surface area (Å²) >= 11 is 0. The fraction of sp³-hybridized carbons (Fsp3) is 0.857. The summed E-state index contributed by atoms with van der Waals surface area (Å²) in [6.45, 7) is 0. The molecule has 1 heterocycles. The molecule has 60 valence electrons. The topological polar surface area (TPSA) is 57.8 Å². The number of esters is 1. The molecule has 3 atom stereocenters. The van der Waals surface area contributed by atoms with Crippen molar-refractivity contribution in [1.82, 2.24) is 5.90 Å². The molecule has 2 aliphatic rings. The summed E-state index contributed by atoms with van der Waals surface area (Å²) in [6.07, 6.45) is 1.83. The molecule has 4 heteroatoms. The van der Waals surface area contributed by atoms with Gasteiger partial charge >= 0.3 is 5.97 Å². The lowest BCUT2D eigenvalue weighted by Crippen LogP contribution is -2.26. The van der Waals surface area contributed by atoms with Crippen LogP contribution in [0.5, 0.6) is 0 Å². The molecule has 1 saturated heterocycles. The molecule has 2 bridgehead atoms. The van der Waals surface area contributed by atoms with Gasteiger partial charge in [0, 0.05) is 12.3 Å². The van der Waals surface area contributed by atoms with E-state index in [-0.39, 0.29) is 24.1 Å². The van der Waals surface area contributed by atoms with Gasteiger partial charge < -0.3 is 4.74 Å². The molecular weight excluding hydrogens is 146 g/mol. The molecule has 11 heavy (non-hydrogen) atoms. The molecule has 2 fully saturated rings. The van der Waals surface area contributed by atoms with Gasteiger partial charge in [0.2, 0.25) is 0 Å². The third-order valence-corrected chi connectivity index (χ3v) is 2.39. The molecule has 1 aliphatic heterocycles. The first-order chi connectivity index (χ1) is 5.29. The van der Waals surface area contributed by atoms with Crippen LogP contribution >= 0.6 is 0 Å². The fourth-order valence-corrected chi connectivity index (χ4v) is 1.85. The lowest BCUT2D eigenvalue weighted by atomic mass is 9.88. The summed E-state index contributed by atoms with van der Waals surface area (Å²) in [5.74, 6) is 8.21. The van der Waals surface area contributed by atoms with Crippen molar-refractivity contribution < 1.29 is 14.4 Å². The molecule has 2 radical (unpaired) electrons. The number of ether oxygens (including phenoxy) is 1. The van der Waals surface area contributed by atoms with Gasteiger partial charge in [0.1, 0.15) is 6.10 Å². The van der Waals surface area contributed by atoms with E-state index in [9.17, 15) is 4.79 Å². The summed E-state index contributed by atoms with van der Waals surface area (Å²) in [6, 6.07) is 0. The molecule has 4 nitrogen and oxygen atoms in total. The molecular formula is C7H9NO3. The van der Waals surface area contributed by atoms with Crippen molar-refractivity contribution in [1.29, 1.82) is 0 Å². The quantitative estimate of drug-likeness (QED) is 0.398. The van der Waals surface area contributed by atoms with Crippen LogP contribution in [0.25, 0.3) is 0 Å². The van der Waals surface area contributed by atoms with Crippen molar-refractivity contribution in [3.05, 3.63) is 0 Å². The van der Waals surface area contributed by atoms with E-state index < -0.39 is 0 Å². The second-order valence-electron chi connectivity index (χ2n) is 3.19.